The molecule has 0 fully saturated rings. The van der Waals surface area contributed by atoms with E-state index in [1.165, 1.54) is 18.4 Å². The van der Waals surface area contributed by atoms with Crippen LogP contribution in [0.25, 0.3) is 0 Å². The quantitative estimate of drug-likeness (QED) is 0.439. The first-order valence-corrected chi connectivity index (χ1v) is 4.77. The van der Waals surface area contributed by atoms with Gasteiger partial charge in [-0.1, -0.05) is 5.22 Å². The van der Waals surface area contributed by atoms with E-state index < -0.39 is 0 Å². The van der Waals surface area contributed by atoms with Crippen molar-refractivity contribution in [3.05, 3.63) is 16.3 Å². The average molecular weight is 213 g/mol. The molecule has 0 aromatic carbocycles. The summed E-state index contributed by atoms with van der Waals surface area (Å²) in [4.78, 5) is 11.6. The van der Waals surface area contributed by atoms with E-state index in [2.05, 4.69) is 15.1 Å². The number of hydrogen-bond acceptors (Lipinski definition) is 5. The van der Waals surface area contributed by atoms with Crippen molar-refractivity contribution in [3.8, 4) is 0 Å². The van der Waals surface area contributed by atoms with E-state index in [4.69, 9.17) is 0 Å². The average Bonchev–Trinajstić information content (AvgIpc) is 2.62. The van der Waals surface area contributed by atoms with E-state index in [0.29, 0.717) is 10.6 Å². The number of rotatable bonds is 3. The molecule has 6 heteroatoms. The van der Waals surface area contributed by atoms with Crippen LogP contribution < -0.4 is 0 Å². The number of hydrogen-bond donors (Lipinski definition) is 0. The molecule has 0 amide bonds. The van der Waals surface area contributed by atoms with E-state index in [1.807, 2.05) is 0 Å². The second-order valence-electron chi connectivity index (χ2n) is 2.70. The van der Waals surface area contributed by atoms with Crippen LogP contribution in [0, 0.1) is 0 Å². The number of methoxy groups -OCH3 is 1. The van der Waals surface area contributed by atoms with E-state index in [1.54, 1.807) is 30.6 Å². The minimum atomic E-state index is -0.346. The molecule has 0 N–H and O–H groups in total. The normalized spacial score (nSPS) is 10.5. The fourth-order valence-electron chi connectivity index (χ4n) is 0.727. The molecule has 14 heavy (non-hydrogen) atoms. The number of thiophene rings is 1. The van der Waals surface area contributed by atoms with Crippen LogP contribution in [0.2, 0.25) is 0 Å². The molecule has 0 aliphatic rings. The third kappa shape index (κ3) is 2.81. The standard InChI is InChI=1S/C8H11N3O2S/c1-11(2)10-9-6-4-7(14-5-6)8(12)13-3/h4-5H,1-3H3/b10-9+. The molecule has 0 bridgehead atoms. The highest BCUT2D eigenvalue weighted by molar-refractivity contribution is 7.12. The van der Waals surface area contributed by atoms with Gasteiger partial charge in [0.05, 0.1) is 12.8 Å². The van der Waals surface area contributed by atoms with Crippen LogP contribution in [0.4, 0.5) is 5.69 Å². The zero-order chi connectivity index (χ0) is 10.6. The third-order valence-electron chi connectivity index (χ3n) is 1.31. The van der Waals surface area contributed by atoms with Gasteiger partial charge in [-0.05, 0) is 6.07 Å². The minimum Gasteiger partial charge on any atom is -0.465 e. The van der Waals surface area contributed by atoms with Gasteiger partial charge in [-0.2, -0.15) is 0 Å². The van der Waals surface area contributed by atoms with Crippen LogP contribution in [-0.2, 0) is 4.74 Å². The predicted molar refractivity (Wildman–Crippen MR) is 53.9 cm³/mol. The summed E-state index contributed by atoms with van der Waals surface area (Å²) in [6.07, 6.45) is 0. The smallest absolute Gasteiger partial charge is 0.348 e. The Labute approximate surface area is 86.0 Å². The highest BCUT2D eigenvalue weighted by Gasteiger charge is 2.08. The van der Waals surface area contributed by atoms with Crippen LogP contribution in [0.3, 0.4) is 0 Å². The maximum atomic E-state index is 11.1. The molecule has 1 heterocycles. The summed E-state index contributed by atoms with van der Waals surface area (Å²) in [7, 11) is 4.90. The zero-order valence-electron chi connectivity index (χ0n) is 8.22. The lowest BCUT2D eigenvalue weighted by atomic mass is 10.4. The Hall–Kier alpha value is -1.43. The molecular formula is C8H11N3O2S. The van der Waals surface area contributed by atoms with Crippen molar-refractivity contribution in [2.75, 3.05) is 21.2 Å². The van der Waals surface area contributed by atoms with Crippen LogP contribution in [-0.4, -0.2) is 32.2 Å². The van der Waals surface area contributed by atoms with Crippen molar-refractivity contribution in [2.45, 2.75) is 0 Å². The summed E-state index contributed by atoms with van der Waals surface area (Å²) in [5.41, 5.74) is 0.657. The van der Waals surface area contributed by atoms with Crippen molar-refractivity contribution in [3.63, 3.8) is 0 Å². The van der Waals surface area contributed by atoms with Gasteiger partial charge in [0.25, 0.3) is 0 Å². The van der Waals surface area contributed by atoms with Gasteiger partial charge in [-0.3, -0.25) is 5.01 Å². The molecule has 1 aromatic rings. The van der Waals surface area contributed by atoms with E-state index in [-0.39, 0.29) is 5.97 Å². The number of nitrogens with zero attached hydrogens (tertiary/aromatic N) is 3. The van der Waals surface area contributed by atoms with Crippen LogP contribution in [0.15, 0.2) is 21.8 Å². The molecule has 0 aliphatic carbocycles. The monoisotopic (exact) mass is 213 g/mol. The second-order valence-corrected chi connectivity index (χ2v) is 3.61. The Morgan fingerprint density at radius 2 is 2.29 bits per heavy atom. The Balaban J connectivity index is 2.73. The van der Waals surface area contributed by atoms with E-state index >= 15 is 0 Å². The molecule has 0 spiro atoms. The van der Waals surface area contributed by atoms with Crippen LogP contribution >= 0.6 is 11.3 Å². The van der Waals surface area contributed by atoms with Crippen LogP contribution in [0.5, 0.6) is 0 Å². The number of esters is 1. The first-order valence-electron chi connectivity index (χ1n) is 3.89. The summed E-state index contributed by atoms with van der Waals surface area (Å²) in [5.74, 6) is -0.346. The molecule has 5 nitrogen and oxygen atoms in total. The largest absolute Gasteiger partial charge is 0.465 e. The molecular weight excluding hydrogens is 202 g/mol. The first-order chi connectivity index (χ1) is 6.63. The van der Waals surface area contributed by atoms with Crippen molar-refractivity contribution >= 4 is 23.0 Å². The maximum Gasteiger partial charge on any atom is 0.348 e. The van der Waals surface area contributed by atoms with E-state index in [9.17, 15) is 4.79 Å². The molecule has 0 saturated carbocycles. The summed E-state index contributed by atoms with van der Waals surface area (Å²) in [6, 6.07) is 1.64. The van der Waals surface area contributed by atoms with Crippen molar-refractivity contribution in [1.82, 2.24) is 5.01 Å². The zero-order valence-corrected chi connectivity index (χ0v) is 9.04. The number of carbonyl (C=O) groups is 1. The summed E-state index contributed by atoms with van der Waals surface area (Å²) in [6.45, 7) is 0. The van der Waals surface area contributed by atoms with Crippen molar-refractivity contribution < 1.29 is 9.53 Å². The first kappa shape index (κ1) is 10.6. The van der Waals surface area contributed by atoms with Crippen molar-refractivity contribution in [1.29, 1.82) is 0 Å². The Morgan fingerprint density at radius 3 is 2.86 bits per heavy atom. The molecule has 1 rings (SSSR count). The molecule has 1 aromatic heterocycles. The second kappa shape index (κ2) is 4.71. The Kier molecular flexibility index (Phi) is 3.58. The van der Waals surface area contributed by atoms with Gasteiger partial charge in [0.15, 0.2) is 0 Å². The van der Waals surface area contributed by atoms with Gasteiger partial charge in [-0.25, -0.2) is 4.79 Å². The van der Waals surface area contributed by atoms with E-state index in [0.717, 1.165) is 0 Å². The summed E-state index contributed by atoms with van der Waals surface area (Å²) in [5, 5.41) is 11.0. The van der Waals surface area contributed by atoms with Gasteiger partial charge in [-0.15, -0.1) is 16.5 Å². The molecule has 0 saturated heterocycles. The van der Waals surface area contributed by atoms with Crippen LogP contribution in [0.1, 0.15) is 9.67 Å². The van der Waals surface area contributed by atoms with Gasteiger partial charge < -0.3 is 4.74 Å². The summed E-state index contributed by atoms with van der Waals surface area (Å²) >= 11 is 1.29. The molecule has 0 radical (unpaired) electrons. The topological polar surface area (TPSA) is 54.3 Å². The third-order valence-corrected chi connectivity index (χ3v) is 2.21. The molecule has 76 valence electrons. The predicted octanol–water partition coefficient (Wildman–Crippen LogP) is 2.09. The lowest BCUT2D eigenvalue weighted by molar-refractivity contribution is 0.0606. The highest BCUT2D eigenvalue weighted by Crippen LogP contribution is 2.22. The lowest BCUT2D eigenvalue weighted by Gasteiger charge is -1.98. The fourth-order valence-corrected chi connectivity index (χ4v) is 1.46. The fraction of sp³-hybridized carbons (Fsp3) is 0.375. The summed E-state index contributed by atoms with van der Waals surface area (Å²) < 4.78 is 4.56. The highest BCUT2D eigenvalue weighted by atomic mass is 32.1. The number of ether oxygens (including phenoxy) is 1. The molecule has 0 aliphatic heterocycles. The lowest BCUT2D eigenvalue weighted by Crippen LogP contribution is -1.98. The Morgan fingerprint density at radius 1 is 1.57 bits per heavy atom. The maximum absolute atomic E-state index is 11.1. The minimum absolute atomic E-state index is 0.346. The van der Waals surface area contributed by atoms with Gasteiger partial charge in [0.1, 0.15) is 4.88 Å². The van der Waals surface area contributed by atoms with Gasteiger partial charge in [0, 0.05) is 19.5 Å². The van der Waals surface area contributed by atoms with Gasteiger partial charge in [0.2, 0.25) is 0 Å². The Bertz CT molecular complexity index is 346. The van der Waals surface area contributed by atoms with Crippen molar-refractivity contribution in [2.24, 2.45) is 10.3 Å². The molecule has 0 unspecified atom stereocenters. The van der Waals surface area contributed by atoms with Gasteiger partial charge >= 0.3 is 5.97 Å². The SMILES string of the molecule is COC(=O)c1cc(/N=N/N(C)C)cs1. The number of carbonyl (C=O) groups excluding carboxylic acids is 1. The molecule has 0 atom stereocenters.